The van der Waals surface area contributed by atoms with Crippen LogP contribution in [0.3, 0.4) is 0 Å². The molecule has 56 heavy (non-hydrogen) atoms. The summed E-state index contributed by atoms with van der Waals surface area (Å²) in [6, 6.07) is 8.97. The first kappa shape index (κ1) is 48.0. The lowest BCUT2D eigenvalue weighted by atomic mass is 10.1. The number of carbonyl (C=O) groups excluding carboxylic acids is 4. The Hall–Kier alpha value is -4.11. The van der Waals surface area contributed by atoms with Gasteiger partial charge in [-0.3, -0.25) is 4.68 Å². The Kier molecular flexibility index (Phi) is 15.8. The lowest BCUT2D eigenvalue weighted by Gasteiger charge is -2.39. The highest BCUT2D eigenvalue weighted by Gasteiger charge is 2.42. The monoisotopic (exact) mass is 804 g/mol. The van der Waals surface area contributed by atoms with Crippen LogP contribution in [0.2, 0.25) is 18.1 Å². The predicted octanol–water partition coefficient (Wildman–Crippen LogP) is 9.25. The number of imide groups is 1. The molecule has 2 rings (SSSR count). The number of aromatic nitrogens is 2. The molecule has 0 bridgehead atoms. The maximum absolute atomic E-state index is 13.4. The van der Waals surface area contributed by atoms with Crippen LogP contribution in [0.4, 0.5) is 14.4 Å². The minimum absolute atomic E-state index is 0.0396. The Morgan fingerprint density at radius 1 is 0.750 bits per heavy atom. The number of nitrogens with one attached hydrogen (secondary N) is 1. The highest BCUT2D eigenvalue weighted by atomic mass is 28.4. The predicted molar refractivity (Wildman–Crippen MR) is 218 cm³/mol. The molecule has 1 N–H and O–H groups in total. The second kappa shape index (κ2) is 18.4. The molecule has 1 atom stereocenters. The van der Waals surface area contributed by atoms with Crippen molar-refractivity contribution in [2.45, 2.75) is 170 Å². The molecule has 0 radical (unpaired) electrons. The summed E-state index contributed by atoms with van der Waals surface area (Å²) in [7, 11) is -2.36. The topological polar surface area (TPSA) is 157 Å². The number of nitrogens with zero attached hydrogens (tertiary/aromatic N) is 3. The quantitative estimate of drug-likeness (QED) is 0.0891. The summed E-state index contributed by atoms with van der Waals surface area (Å²) in [6.45, 7) is 31.9. The molecule has 14 nitrogen and oxygen atoms in total. The molecule has 1 aromatic carbocycles. The minimum atomic E-state index is -2.36. The average Bonchev–Trinajstić information content (AvgIpc) is 3.38. The molecule has 0 saturated heterocycles. The first-order valence-corrected chi connectivity index (χ1v) is 22.1. The summed E-state index contributed by atoms with van der Waals surface area (Å²) in [4.78, 5) is 53.1. The maximum Gasteiger partial charge on any atom is 0.420 e. The Balaban J connectivity index is 2.43. The third-order valence-corrected chi connectivity index (χ3v) is 12.6. The maximum atomic E-state index is 13.4. The van der Waals surface area contributed by atoms with Crippen molar-refractivity contribution in [3.05, 3.63) is 36.0 Å². The number of alkyl carbamates (subject to hydrolysis) is 1. The minimum Gasteiger partial charge on any atom is -0.490 e. The molecule has 0 aliphatic heterocycles. The van der Waals surface area contributed by atoms with E-state index in [1.165, 1.54) is 0 Å². The fourth-order valence-corrected chi connectivity index (χ4v) is 5.82. The van der Waals surface area contributed by atoms with Gasteiger partial charge in [-0.2, -0.15) is 5.10 Å². The van der Waals surface area contributed by atoms with Gasteiger partial charge in [0, 0.05) is 18.7 Å². The third kappa shape index (κ3) is 16.9. The second-order valence-electron chi connectivity index (χ2n) is 19.3. The lowest BCUT2D eigenvalue weighted by Crippen LogP contribution is -2.49. The summed E-state index contributed by atoms with van der Waals surface area (Å²) in [5.74, 6) is 0.0279. The smallest absolute Gasteiger partial charge is 0.420 e. The zero-order valence-corrected chi connectivity index (χ0v) is 37.9. The van der Waals surface area contributed by atoms with Crippen LogP contribution >= 0.6 is 0 Å². The lowest BCUT2D eigenvalue weighted by molar-refractivity contribution is -0.165. The van der Waals surface area contributed by atoms with Gasteiger partial charge in [-0.1, -0.05) is 20.8 Å². The molecule has 15 heteroatoms. The van der Waals surface area contributed by atoms with E-state index in [0.717, 1.165) is 10.5 Å². The number of carbonyl (C=O) groups is 4. The summed E-state index contributed by atoms with van der Waals surface area (Å²) in [5, 5.41) is 7.44. The van der Waals surface area contributed by atoms with Gasteiger partial charge in [0.1, 0.15) is 34.8 Å². The largest absolute Gasteiger partial charge is 0.490 e. The molecule has 0 saturated carbocycles. The number of hydrogen-bond donors (Lipinski definition) is 1. The molecule has 0 aliphatic rings. The number of rotatable bonds is 13. The number of esters is 1. The summed E-state index contributed by atoms with van der Waals surface area (Å²) in [6.07, 6.45) is -2.72. The van der Waals surface area contributed by atoms with Crippen molar-refractivity contribution in [2.75, 3.05) is 13.2 Å². The number of amides is 3. The van der Waals surface area contributed by atoms with Gasteiger partial charge >= 0.3 is 24.2 Å². The molecule has 1 aromatic heterocycles. The van der Waals surface area contributed by atoms with Gasteiger partial charge in [0.25, 0.3) is 0 Å². The van der Waals surface area contributed by atoms with Crippen molar-refractivity contribution < 1.29 is 47.3 Å². The number of benzene rings is 1. The van der Waals surface area contributed by atoms with E-state index in [2.05, 4.69) is 39.2 Å². The van der Waals surface area contributed by atoms with Crippen LogP contribution in [0.5, 0.6) is 5.75 Å². The Labute approximate surface area is 335 Å². The van der Waals surface area contributed by atoms with Crippen LogP contribution in [-0.2, 0) is 41.3 Å². The Morgan fingerprint density at radius 3 is 1.71 bits per heavy atom. The van der Waals surface area contributed by atoms with Gasteiger partial charge in [-0.05, 0) is 138 Å². The zero-order chi connectivity index (χ0) is 43.1. The standard InChI is InChI=1S/C41H68N4O10Si/c1-37(2,3)51-33(46)32(55-56(16,17)41(13,14)15)27-50-30-21-19-28(20-22-30)31-25-29(45(43-31)24-18-23-42-34(47)52-38(4,5)6)26-44(35(48)53-39(7,8)9)36(49)54-40(10,11)12/h19-22,25,32H,18,23-24,26-27H2,1-17H3,(H,42,47). The average molecular weight is 805 g/mol. The highest BCUT2D eigenvalue weighted by molar-refractivity contribution is 6.74. The number of ether oxygens (including phenoxy) is 5. The first-order chi connectivity index (χ1) is 25.3. The second-order valence-corrected chi connectivity index (χ2v) is 24.1. The molecule has 3 amide bonds. The van der Waals surface area contributed by atoms with Gasteiger partial charge < -0.3 is 33.4 Å². The molecular formula is C41H68N4O10Si. The van der Waals surface area contributed by atoms with Crippen molar-refractivity contribution in [3.8, 4) is 17.0 Å². The van der Waals surface area contributed by atoms with E-state index in [0.29, 0.717) is 36.6 Å². The fraction of sp³-hybridized carbons (Fsp3) is 0.683. The van der Waals surface area contributed by atoms with Crippen molar-refractivity contribution in [1.29, 1.82) is 0 Å². The fourth-order valence-electron chi connectivity index (χ4n) is 4.59. The summed E-state index contributed by atoms with van der Waals surface area (Å²) in [5.41, 5.74) is -1.26. The first-order valence-electron chi connectivity index (χ1n) is 19.2. The van der Waals surface area contributed by atoms with E-state index < -0.39 is 61.1 Å². The third-order valence-electron chi connectivity index (χ3n) is 8.09. The summed E-state index contributed by atoms with van der Waals surface area (Å²) < 4.78 is 36.4. The van der Waals surface area contributed by atoms with E-state index in [4.69, 9.17) is 33.2 Å². The van der Waals surface area contributed by atoms with Crippen molar-refractivity contribution in [3.63, 3.8) is 0 Å². The van der Waals surface area contributed by atoms with Gasteiger partial charge in [-0.25, -0.2) is 24.1 Å². The molecule has 316 valence electrons. The van der Waals surface area contributed by atoms with E-state index >= 15 is 0 Å². The molecule has 0 spiro atoms. The van der Waals surface area contributed by atoms with Gasteiger partial charge in [0.15, 0.2) is 14.4 Å². The number of aryl methyl sites for hydroxylation is 1. The van der Waals surface area contributed by atoms with Crippen molar-refractivity contribution >= 4 is 32.6 Å². The van der Waals surface area contributed by atoms with E-state index in [-0.39, 0.29) is 18.2 Å². The molecule has 1 unspecified atom stereocenters. The molecular weight excluding hydrogens is 737 g/mol. The zero-order valence-electron chi connectivity index (χ0n) is 36.9. The molecule has 2 aromatic rings. The van der Waals surface area contributed by atoms with Crippen molar-refractivity contribution in [1.82, 2.24) is 20.0 Å². The van der Waals surface area contributed by atoms with Crippen LogP contribution in [0.15, 0.2) is 30.3 Å². The number of hydrogen-bond acceptors (Lipinski definition) is 11. The normalized spacial score (nSPS) is 13.4. The highest BCUT2D eigenvalue weighted by Crippen LogP contribution is 2.38. The van der Waals surface area contributed by atoms with Crippen LogP contribution in [-0.4, -0.2) is 88.9 Å². The van der Waals surface area contributed by atoms with Crippen LogP contribution in [0.1, 0.15) is 116 Å². The van der Waals surface area contributed by atoms with Crippen LogP contribution in [0, 0.1) is 0 Å². The van der Waals surface area contributed by atoms with Gasteiger partial charge in [0.2, 0.25) is 0 Å². The SMILES string of the molecule is CC(C)(C)OC(=O)NCCCn1nc(-c2ccc(OCC(O[Si](C)(C)C(C)(C)C)C(=O)OC(C)(C)C)cc2)cc1CN(C(=O)OC(C)(C)C)C(=O)OC(C)(C)C. The van der Waals surface area contributed by atoms with Crippen LogP contribution < -0.4 is 10.1 Å². The van der Waals surface area contributed by atoms with Gasteiger partial charge in [0.05, 0.1) is 17.9 Å². The van der Waals surface area contributed by atoms with E-state index in [1.807, 2.05) is 32.9 Å². The molecule has 0 fully saturated rings. The molecule has 0 aliphatic carbocycles. The van der Waals surface area contributed by atoms with E-state index in [1.54, 1.807) is 85.2 Å². The van der Waals surface area contributed by atoms with Crippen molar-refractivity contribution in [2.24, 2.45) is 0 Å². The Morgan fingerprint density at radius 2 is 1.25 bits per heavy atom. The molecule has 1 heterocycles. The van der Waals surface area contributed by atoms with Gasteiger partial charge in [-0.15, -0.1) is 0 Å². The Bertz CT molecular complexity index is 1610. The van der Waals surface area contributed by atoms with E-state index in [9.17, 15) is 19.2 Å². The summed E-state index contributed by atoms with van der Waals surface area (Å²) >= 11 is 0. The van der Waals surface area contributed by atoms with Crippen LogP contribution in [0.25, 0.3) is 11.3 Å².